The molecule has 1 amide bonds. The number of amides is 1. The van der Waals surface area contributed by atoms with Crippen molar-refractivity contribution in [2.24, 2.45) is 0 Å². The Bertz CT molecular complexity index is 712. The molecule has 1 aromatic carbocycles. The summed E-state index contributed by atoms with van der Waals surface area (Å²) >= 11 is 0. The molecule has 1 saturated heterocycles. The highest BCUT2D eigenvalue weighted by Crippen LogP contribution is 2.03. The maximum Gasteiger partial charge on any atom is 0.274 e. The van der Waals surface area contributed by atoms with Gasteiger partial charge in [-0.25, -0.2) is 4.68 Å². The lowest BCUT2D eigenvalue weighted by molar-refractivity contribution is 0.0727. The zero-order valence-corrected chi connectivity index (χ0v) is 13.5. The fraction of sp³-hybridized carbons (Fsp3) is 0.312. The highest BCUT2D eigenvalue weighted by Gasteiger charge is 2.19. The van der Waals surface area contributed by atoms with E-state index in [0.717, 1.165) is 18.7 Å². The van der Waals surface area contributed by atoms with Gasteiger partial charge in [0.05, 0.1) is 6.54 Å². The Morgan fingerprint density at radius 1 is 1.09 bits per heavy atom. The molecule has 1 aromatic heterocycles. The first-order valence-corrected chi connectivity index (χ1v) is 7.36. The monoisotopic (exact) mass is 334 g/mol. The zero-order chi connectivity index (χ0) is 15.4. The molecule has 0 spiro atoms. The van der Waals surface area contributed by atoms with Crippen molar-refractivity contribution in [1.82, 2.24) is 20.0 Å². The van der Waals surface area contributed by atoms with E-state index in [4.69, 9.17) is 0 Å². The predicted molar refractivity (Wildman–Crippen MR) is 90.1 cm³/mol. The molecule has 0 unspecified atom stereocenters. The fourth-order valence-electron chi connectivity index (χ4n) is 2.46. The van der Waals surface area contributed by atoms with Crippen LogP contribution in [0.3, 0.4) is 0 Å². The number of hydrogen-bond donors (Lipinski definition) is 1. The van der Waals surface area contributed by atoms with Gasteiger partial charge < -0.3 is 10.2 Å². The van der Waals surface area contributed by atoms with Crippen LogP contribution in [0.25, 0.3) is 0 Å². The Morgan fingerprint density at radius 3 is 2.48 bits per heavy atom. The Balaban J connectivity index is 0.00000192. The normalized spacial score (nSPS) is 14.2. The summed E-state index contributed by atoms with van der Waals surface area (Å²) in [6.07, 6.45) is 0. The van der Waals surface area contributed by atoms with E-state index in [-0.39, 0.29) is 23.9 Å². The van der Waals surface area contributed by atoms with Crippen LogP contribution < -0.4 is 10.9 Å². The molecule has 3 rings (SSSR count). The van der Waals surface area contributed by atoms with Crippen molar-refractivity contribution in [3.05, 3.63) is 64.1 Å². The van der Waals surface area contributed by atoms with Crippen molar-refractivity contribution >= 4 is 18.3 Å². The van der Waals surface area contributed by atoms with Gasteiger partial charge in [0.15, 0.2) is 0 Å². The first-order valence-electron chi connectivity index (χ1n) is 7.36. The molecule has 1 N–H and O–H groups in total. The quantitative estimate of drug-likeness (QED) is 0.900. The molecule has 0 radical (unpaired) electrons. The highest BCUT2D eigenvalue weighted by atomic mass is 35.5. The van der Waals surface area contributed by atoms with Gasteiger partial charge in [-0.05, 0) is 11.6 Å². The van der Waals surface area contributed by atoms with Crippen LogP contribution >= 0.6 is 12.4 Å². The van der Waals surface area contributed by atoms with E-state index in [0.29, 0.717) is 25.3 Å². The molecule has 2 aromatic rings. The van der Waals surface area contributed by atoms with Crippen LogP contribution in [-0.2, 0) is 6.54 Å². The van der Waals surface area contributed by atoms with Crippen molar-refractivity contribution in [3.63, 3.8) is 0 Å². The van der Waals surface area contributed by atoms with Gasteiger partial charge in [-0.3, -0.25) is 9.59 Å². The standard InChI is InChI=1S/C16H18N4O2.ClH/c21-15-7-6-14(16(22)19-10-8-17-9-11-19)18-20(15)12-13-4-2-1-3-5-13;/h1-7,17H,8-12H2;1H. The van der Waals surface area contributed by atoms with Crippen LogP contribution in [-0.4, -0.2) is 46.8 Å². The summed E-state index contributed by atoms with van der Waals surface area (Å²) in [6, 6.07) is 12.5. The summed E-state index contributed by atoms with van der Waals surface area (Å²) < 4.78 is 1.34. The van der Waals surface area contributed by atoms with Crippen LogP contribution in [0, 0.1) is 0 Å². The third-order valence-corrected chi connectivity index (χ3v) is 3.67. The van der Waals surface area contributed by atoms with Crippen molar-refractivity contribution in [2.45, 2.75) is 6.54 Å². The lowest BCUT2D eigenvalue weighted by Crippen LogP contribution is -2.47. The number of halogens is 1. The van der Waals surface area contributed by atoms with Crippen molar-refractivity contribution < 1.29 is 4.79 Å². The second-order valence-electron chi connectivity index (χ2n) is 5.24. The van der Waals surface area contributed by atoms with Gasteiger partial charge in [-0.2, -0.15) is 5.10 Å². The fourth-order valence-corrected chi connectivity index (χ4v) is 2.46. The smallest absolute Gasteiger partial charge is 0.274 e. The topological polar surface area (TPSA) is 67.2 Å². The molecule has 7 heteroatoms. The lowest BCUT2D eigenvalue weighted by Gasteiger charge is -2.27. The summed E-state index contributed by atoms with van der Waals surface area (Å²) in [6.45, 7) is 3.27. The largest absolute Gasteiger partial charge is 0.335 e. The summed E-state index contributed by atoms with van der Waals surface area (Å²) in [5.74, 6) is -0.122. The van der Waals surface area contributed by atoms with Gasteiger partial charge in [-0.1, -0.05) is 30.3 Å². The second kappa shape index (κ2) is 7.89. The van der Waals surface area contributed by atoms with Gasteiger partial charge in [0.2, 0.25) is 0 Å². The van der Waals surface area contributed by atoms with Crippen LogP contribution in [0.1, 0.15) is 16.1 Å². The third-order valence-electron chi connectivity index (χ3n) is 3.67. The predicted octanol–water partition coefficient (Wildman–Crippen LogP) is 0.759. The lowest BCUT2D eigenvalue weighted by atomic mass is 10.2. The third kappa shape index (κ3) is 4.18. The summed E-state index contributed by atoms with van der Waals surface area (Å²) in [4.78, 5) is 26.1. The molecular formula is C16H19ClN4O2. The van der Waals surface area contributed by atoms with Gasteiger partial charge in [0.25, 0.3) is 11.5 Å². The molecule has 0 saturated carbocycles. The average molecular weight is 335 g/mol. The van der Waals surface area contributed by atoms with Crippen molar-refractivity contribution in [1.29, 1.82) is 0 Å². The Labute approximate surface area is 140 Å². The average Bonchev–Trinajstić information content (AvgIpc) is 2.58. The maximum atomic E-state index is 12.4. The van der Waals surface area contributed by atoms with Crippen LogP contribution in [0.5, 0.6) is 0 Å². The van der Waals surface area contributed by atoms with E-state index in [2.05, 4.69) is 10.4 Å². The van der Waals surface area contributed by atoms with Gasteiger partial charge in [0, 0.05) is 32.2 Å². The number of piperazine rings is 1. The minimum absolute atomic E-state index is 0. The number of aromatic nitrogens is 2. The van der Waals surface area contributed by atoms with Crippen LogP contribution in [0.4, 0.5) is 0 Å². The van der Waals surface area contributed by atoms with E-state index in [1.807, 2.05) is 30.3 Å². The number of nitrogens with zero attached hydrogens (tertiary/aromatic N) is 3. The molecule has 6 nitrogen and oxygen atoms in total. The van der Waals surface area contributed by atoms with Crippen LogP contribution in [0.15, 0.2) is 47.3 Å². The molecule has 0 aliphatic carbocycles. The summed E-state index contributed by atoms with van der Waals surface area (Å²) in [7, 11) is 0. The van der Waals surface area contributed by atoms with Gasteiger partial charge >= 0.3 is 0 Å². The molecular weight excluding hydrogens is 316 g/mol. The SMILES string of the molecule is Cl.O=C(c1ccc(=O)n(Cc2ccccc2)n1)N1CCNCC1. The van der Waals surface area contributed by atoms with Crippen LogP contribution in [0.2, 0.25) is 0 Å². The van der Waals surface area contributed by atoms with E-state index in [9.17, 15) is 9.59 Å². The molecule has 0 atom stereocenters. The Hall–Kier alpha value is -2.18. The number of carbonyl (C=O) groups is 1. The highest BCUT2D eigenvalue weighted by molar-refractivity contribution is 5.92. The molecule has 1 aliphatic rings. The van der Waals surface area contributed by atoms with E-state index in [1.54, 1.807) is 4.90 Å². The van der Waals surface area contributed by atoms with E-state index in [1.165, 1.54) is 16.8 Å². The maximum absolute atomic E-state index is 12.4. The number of hydrogen-bond acceptors (Lipinski definition) is 4. The second-order valence-corrected chi connectivity index (χ2v) is 5.24. The Kier molecular flexibility index (Phi) is 5.90. The minimum Gasteiger partial charge on any atom is -0.335 e. The summed E-state index contributed by atoms with van der Waals surface area (Å²) in [5.41, 5.74) is 1.09. The Morgan fingerprint density at radius 2 is 1.78 bits per heavy atom. The van der Waals surface area contributed by atoms with E-state index < -0.39 is 0 Å². The van der Waals surface area contributed by atoms with Gasteiger partial charge in [0.1, 0.15) is 5.69 Å². The summed E-state index contributed by atoms with van der Waals surface area (Å²) in [5, 5.41) is 7.44. The number of carbonyl (C=O) groups excluding carboxylic acids is 1. The molecule has 122 valence electrons. The number of nitrogens with one attached hydrogen (secondary N) is 1. The number of rotatable bonds is 3. The first kappa shape index (κ1) is 17.2. The molecule has 2 heterocycles. The molecule has 0 bridgehead atoms. The molecule has 1 fully saturated rings. The van der Waals surface area contributed by atoms with Crippen molar-refractivity contribution in [2.75, 3.05) is 26.2 Å². The number of benzene rings is 1. The van der Waals surface area contributed by atoms with E-state index >= 15 is 0 Å². The van der Waals surface area contributed by atoms with Crippen molar-refractivity contribution in [3.8, 4) is 0 Å². The minimum atomic E-state index is -0.208. The first-order chi connectivity index (χ1) is 10.7. The zero-order valence-electron chi connectivity index (χ0n) is 12.6. The van der Waals surface area contributed by atoms with Gasteiger partial charge in [-0.15, -0.1) is 12.4 Å². The molecule has 1 aliphatic heterocycles. The molecule has 23 heavy (non-hydrogen) atoms.